The first-order chi connectivity index (χ1) is 5.88. The Balaban J connectivity index is 2.39. The molecule has 1 saturated heterocycles. The zero-order chi connectivity index (χ0) is 8.81. The Kier molecular flexibility index (Phi) is 3.73. The second kappa shape index (κ2) is 4.87. The normalized spacial score (nSPS) is 21.3. The summed E-state index contributed by atoms with van der Waals surface area (Å²) >= 11 is 0. The Labute approximate surface area is 71.3 Å². The highest BCUT2D eigenvalue weighted by Gasteiger charge is 2.22. The smallest absolute Gasteiger partial charge is 0.207 e. The molecule has 1 amide bonds. The monoisotopic (exact) mass is 171 g/mol. The molecule has 12 heavy (non-hydrogen) atoms. The first kappa shape index (κ1) is 9.19. The summed E-state index contributed by atoms with van der Waals surface area (Å²) < 4.78 is 5.14. The standard InChI is InChI=1S/C8H13NO3/c10-5-8(9-6-11)7-1-3-12-4-2-7/h5-8H,1-4H2,(H,9,11). The van der Waals surface area contributed by atoms with Crippen LogP contribution in [0.3, 0.4) is 0 Å². The molecule has 1 aliphatic rings. The van der Waals surface area contributed by atoms with Gasteiger partial charge in [-0.25, -0.2) is 0 Å². The third kappa shape index (κ3) is 2.30. The summed E-state index contributed by atoms with van der Waals surface area (Å²) in [6.45, 7) is 1.38. The summed E-state index contributed by atoms with van der Waals surface area (Å²) in [4.78, 5) is 20.6. The van der Waals surface area contributed by atoms with Gasteiger partial charge in [-0.15, -0.1) is 0 Å². The Bertz CT molecular complexity index is 154. The van der Waals surface area contributed by atoms with Crippen molar-refractivity contribution < 1.29 is 14.3 Å². The van der Waals surface area contributed by atoms with Crippen molar-refractivity contribution >= 4 is 12.7 Å². The van der Waals surface area contributed by atoms with Gasteiger partial charge in [0, 0.05) is 13.2 Å². The molecule has 1 rings (SSSR count). The summed E-state index contributed by atoms with van der Waals surface area (Å²) in [5.74, 6) is 0.251. The van der Waals surface area contributed by atoms with E-state index in [2.05, 4.69) is 5.32 Å². The molecule has 1 N–H and O–H groups in total. The second-order valence-electron chi connectivity index (χ2n) is 2.90. The van der Waals surface area contributed by atoms with Crippen LogP contribution in [0.4, 0.5) is 0 Å². The lowest BCUT2D eigenvalue weighted by Crippen LogP contribution is -2.39. The summed E-state index contributed by atoms with van der Waals surface area (Å²) in [6, 6.07) is -0.327. The van der Waals surface area contributed by atoms with Gasteiger partial charge in [-0.3, -0.25) is 4.79 Å². The maximum absolute atomic E-state index is 10.5. The van der Waals surface area contributed by atoms with Gasteiger partial charge >= 0.3 is 0 Å². The van der Waals surface area contributed by atoms with E-state index in [1.807, 2.05) is 0 Å². The van der Waals surface area contributed by atoms with Crippen LogP contribution in [0.2, 0.25) is 0 Å². The lowest BCUT2D eigenvalue weighted by Gasteiger charge is -2.25. The van der Waals surface area contributed by atoms with Crippen molar-refractivity contribution in [1.29, 1.82) is 0 Å². The molecule has 0 aromatic heterocycles. The van der Waals surface area contributed by atoms with Gasteiger partial charge in [0.2, 0.25) is 6.41 Å². The number of amides is 1. The molecule has 0 saturated carbocycles. The number of carbonyl (C=O) groups is 2. The molecular weight excluding hydrogens is 158 g/mol. The topological polar surface area (TPSA) is 55.4 Å². The largest absolute Gasteiger partial charge is 0.381 e. The van der Waals surface area contributed by atoms with Crippen LogP contribution in [-0.4, -0.2) is 32.0 Å². The predicted octanol–water partition coefficient (Wildman–Crippen LogP) is -0.274. The maximum Gasteiger partial charge on any atom is 0.207 e. The minimum atomic E-state index is -0.327. The minimum absolute atomic E-state index is 0.251. The molecule has 4 heteroatoms. The first-order valence-electron chi connectivity index (χ1n) is 4.11. The average Bonchev–Trinajstić information content (AvgIpc) is 2.15. The quantitative estimate of drug-likeness (QED) is 0.592. The van der Waals surface area contributed by atoms with Gasteiger partial charge in [0.15, 0.2) is 0 Å². The van der Waals surface area contributed by atoms with E-state index in [1.165, 1.54) is 0 Å². The fourth-order valence-electron chi connectivity index (χ4n) is 1.44. The maximum atomic E-state index is 10.5. The molecule has 1 fully saturated rings. The molecule has 0 bridgehead atoms. The summed E-state index contributed by atoms with van der Waals surface area (Å²) in [7, 11) is 0. The molecule has 1 aliphatic heterocycles. The second-order valence-corrected chi connectivity index (χ2v) is 2.90. The van der Waals surface area contributed by atoms with E-state index < -0.39 is 0 Å². The van der Waals surface area contributed by atoms with Gasteiger partial charge in [-0.1, -0.05) is 0 Å². The van der Waals surface area contributed by atoms with Crippen LogP contribution in [-0.2, 0) is 14.3 Å². The minimum Gasteiger partial charge on any atom is -0.381 e. The van der Waals surface area contributed by atoms with E-state index in [0.717, 1.165) is 19.1 Å². The van der Waals surface area contributed by atoms with Crippen molar-refractivity contribution in [2.75, 3.05) is 13.2 Å². The van der Waals surface area contributed by atoms with Crippen LogP contribution in [0.5, 0.6) is 0 Å². The van der Waals surface area contributed by atoms with Crippen LogP contribution in [0.1, 0.15) is 12.8 Å². The highest BCUT2D eigenvalue weighted by atomic mass is 16.5. The van der Waals surface area contributed by atoms with Gasteiger partial charge in [0.1, 0.15) is 6.29 Å². The van der Waals surface area contributed by atoms with Crippen molar-refractivity contribution in [2.45, 2.75) is 18.9 Å². The van der Waals surface area contributed by atoms with Gasteiger partial charge in [-0.05, 0) is 18.8 Å². The highest BCUT2D eigenvalue weighted by molar-refractivity contribution is 5.63. The number of nitrogens with one attached hydrogen (secondary N) is 1. The fraction of sp³-hybridized carbons (Fsp3) is 0.750. The van der Waals surface area contributed by atoms with Gasteiger partial charge in [-0.2, -0.15) is 0 Å². The Hall–Kier alpha value is -0.900. The lowest BCUT2D eigenvalue weighted by molar-refractivity contribution is -0.117. The molecule has 0 aromatic rings. The number of hydrogen-bond donors (Lipinski definition) is 1. The number of aldehydes is 1. The number of carbonyl (C=O) groups excluding carboxylic acids is 2. The van der Waals surface area contributed by atoms with Crippen LogP contribution in [0.15, 0.2) is 0 Å². The molecule has 4 nitrogen and oxygen atoms in total. The van der Waals surface area contributed by atoms with Crippen LogP contribution in [0, 0.1) is 5.92 Å². The molecule has 1 atom stereocenters. The van der Waals surface area contributed by atoms with Crippen molar-refractivity contribution in [2.24, 2.45) is 5.92 Å². The van der Waals surface area contributed by atoms with E-state index in [0.29, 0.717) is 19.6 Å². The highest BCUT2D eigenvalue weighted by Crippen LogP contribution is 2.17. The molecule has 68 valence electrons. The number of ether oxygens (including phenoxy) is 1. The van der Waals surface area contributed by atoms with Gasteiger partial charge < -0.3 is 14.8 Å². The molecule has 0 spiro atoms. The summed E-state index contributed by atoms with van der Waals surface area (Å²) in [6.07, 6.45) is 3.08. The number of hydrogen-bond acceptors (Lipinski definition) is 3. The fourth-order valence-corrected chi connectivity index (χ4v) is 1.44. The summed E-state index contributed by atoms with van der Waals surface area (Å²) in [5, 5.41) is 2.50. The molecule has 1 heterocycles. The van der Waals surface area contributed by atoms with Crippen molar-refractivity contribution in [3.63, 3.8) is 0 Å². The molecular formula is C8H13NO3. The van der Waals surface area contributed by atoms with Gasteiger partial charge in [0.05, 0.1) is 6.04 Å². The lowest BCUT2D eigenvalue weighted by atomic mass is 9.93. The predicted molar refractivity (Wildman–Crippen MR) is 42.6 cm³/mol. The summed E-state index contributed by atoms with van der Waals surface area (Å²) in [5.41, 5.74) is 0. The SMILES string of the molecule is O=CNC(C=O)C1CCOCC1. The third-order valence-electron chi connectivity index (χ3n) is 2.18. The van der Waals surface area contributed by atoms with Crippen molar-refractivity contribution in [3.8, 4) is 0 Å². The van der Waals surface area contributed by atoms with E-state index in [9.17, 15) is 9.59 Å². The number of rotatable bonds is 4. The van der Waals surface area contributed by atoms with Gasteiger partial charge in [0.25, 0.3) is 0 Å². The molecule has 0 aliphatic carbocycles. The van der Waals surface area contributed by atoms with E-state index in [-0.39, 0.29) is 12.0 Å². The third-order valence-corrected chi connectivity index (χ3v) is 2.18. The Morgan fingerprint density at radius 1 is 1.33 bits per heavy atom. The Morgan fingerprint density at radius 3 is 2.50 bits per heavy atom. The van der Waals surface area contributed by atoms with Crippen LogP contribution >= 0.6 is 0 Å². The zero-order valence-corrected chi connectivity index (χ0v) is 6.86. The first-order valence-corrected chi connectivity index (χ1v) is 4.11. The average molecular weight is 171 g/mol. The molecule has 1 unspecified atom stereocenters. The Morgan fingerprint density at radius 2 is 2.00 bits per heavy atom. The zero-order valence-electron chi connectivity index (χ0n) is 6.86. The van der Waals surface area contributed by atoms with Crippen molar-refractivity contribution in [1.82, 2.24) is 5.32 Å². The van der Waals surface area contributed by atoms with E-state index in [1.54, 1.807) is 0 Å². The van der Waals surface area contributed by atoms with E-state index in [4.69, 9.17) is 4.74 Å². The molecule has 0 radical (unpaired) electrons. The van der Waals surface area contributed by atoms with Crippen molar-refractivity contribution in [3.05, 3.63) is 0 Å². The van der Waals surface area contributed by atoms with E-state index >= 15 is 0 Å². The van der Waals surface area contributed by atoms with Crippen LogP contribution in [0.25, 0.3) is 0 Å². The molecule has 0 aromatic carbocycles. The van der Waals surface area contributed by atoms with Crippen LogP contribution < -0.4 is 5.32 Å².